The highest BCUT2D eigenvalue weighted by Crippen LogP contribution is 2.23. The molecule has 1 aromatic rings. The summed E-state index contributed by atoms with van der Waals surface area (Å²) in [7, 11) is 0. The molecule has 2 amide bonds. The van der Waals surface area contributed by atoms with Gasteiger partial charge in [0.05, 0.1) is 0 Å². The summed E-state index contributed by atoms with van der Waals surface area (Å²) in [5, 5.41) is 2.88. The van der Waals surface area contributed by atoms with Crippen LogP contribution in [0.1, 0.15) is 25.7 Å². The second-order valence-corrected chi connectivity index (χ2v) is 5.45. The van der Waals surface area contributed by atoms with Crippen LogP contribution in [0.4, 0.5) is 5.69 Å². The number of nitrogens with one attached hydrogen (secondary N) is 1. The number of nitrogens with two attached hydrogens (primary N) is 2. The van der Waals surface area contributed by atoms with E-state index in [2.05, 4.69) is 5.32 Å². The molecule has 7 heteroatoms. The van der Waals surface area contributed by atoms with Crippen molar-refractivity contribution in [2.45, 2.75) is 38.3 Å². The maximum Gasteiger partial charge on any atom is 0.251 e. The molecule has 0 aliphatic heterocycles. The van der Waals surface area contributed by atoms with Gasteiger partial charge in [0.2, 0.25) is 11.8 Å². The minimum atomic E-state index is -0.272. The molecule has 1 aliphatic carbocycles. The third-order valence-electron chi connectivity index (χ3n) is 3.81. The Kier molecular flexibility index (Phi) is 4.62. The Morgan fingerprint density at radius 1 is 1.24 bits per heavy atom. The molecule has 2 rings (SSSR count). The Morgan fingerprint density at radius 2 is 1.90 bits per heavy atom. The number of nitrogens with zero attached hydrogens (tertiary/aromatic N) is 1. The summed E-state index contributed by atoms with van der Waals surface area (Å²) in [4.78, 5) is 34.6. The summed E-state index contributed by atoms with van der Waals surface area (Å²) in [5.74, 6) is -0.592. The first-order chi connectivity index (χ1) is 9.95. The van der Waals surface area contributed by atoms with Gasteiger partial charge >= 0.3 is 0 Å². The van der Waals surface area contributed by atoms with E-state index in [0.717, 1.165) is 12.8 Å². The number of amides is 2. The summed E-state index contributed by atoms with van der Waals surface area (Å²) in [6, 6.07) is 2.87. The molecule has 7 nitrogen and oxygen atoms in total. The van der Waals surface area contributed by atoms with Gasteiger partial charge in [-0.1, -0.05) is 0 Å². The molecule has 1 heterocycles. The van der Waals surface area contributed by atoms with Gasteiger partial charge in [-0.25, -0.2) is 0 Å². The summed E-state index contributed by atoms with van der Waals surface area (Å²) < 4.78 is 1.28. The van der Waals surface area contributed by atoms with Crippen molar-refractivity contribution in [1.29, 1.82) is 0 Å². The fourth-order valence-electron chi connectivity index (χ4n) is 2.62. The average molecular weight is 292 g/mol. The lowest BCUT2D eigenvalue weighted by atomic mass is 9.85. The second kappa shape index (κ2) is 6.43. The van der Waals surface area contributed by atoms with Gasteiger partial charge in [-0.2, -0.15) is 0 Å². The number of pyridine rings is 1. The average Bonchev–Trinajstić information content (AvgIpc) is 2.43. The number of hydrogen-bond acceptors (Lipinski definition) is 4. The highest BCUT2D eigenvalue weighted by Gasteiger charge is 2.25. The summed E-state index contributed by atoms with van der Waals surface area (Å²) in [6.07, 6.45) is 4.29. The van der Waals surface area contributed by atoms with Crippen LogP contribution >= 0.6 is 0 Å². The quantitative estimate of drug-likeness (QED) is 0.698. The summed E-state index contributed by atoms with van der Waals surface area (Å²) in [6.45, 7) is -0.0559. The smallest absolute Gasteiger partial charge is 0.251 e. The molecule has 1 aliphatic rings. The van der Waals surface area contributed by atoms with Gasteiger partial charge in [0, 0.05) is 29.9 Å². The fourth-order valence-corrected chi connectivity index (χ4v) is 2.62. The van der Waals surface area contributed by atoms with E-state index in [4.69, 9.17) is 11.5 Å². The normalized spacial score (nSPS) is 21.7. The van der Waals surface area contributed by atoms with Gasteiger partial charge in [-0.05, 0) is 31.7 Å². The van der Waals surface area contributed by atoms with Crippen molar-refractivity contribution in [3.8, 4) is 0 Å². The topological polar surface area (TPSA) is 120 Å². The standard InChI is InChI=1S/C14H20N4O3/c15-10-3-6-13(20)18(7-10)8-12(19)17-11-4-1-9(2-5-11)14(16)21/h3,6-7,9,11H,1-2,4-5,8,15H2,(H2,16,21)(H,17,19). The molecular weight excluding hydrogens is 272 g/mol. The molecule has 0 saturated heterocycles. The van der Waals surface area contributed by atoms with Crippen LogP contribution in [-0.4, -0.2) is 22.4 Å². The maximum atomic E-state index is 12.0. The molecule has 0 bridgehead atoms. The number of anilines is 1. The largest absolute Gasteiger partial charge is 0.398 e. The van der Waals surface area contributed by atoms with Crippen LogP contribution < -0.4 is 22.3 Å². The van der Waals surface area contributed by atoms with Crippen molar-refractivity contribution < 1.29 is 9.59 Å². The van der Waals surface area contributed by atoms with Crippen LogP contribution in [0.15, 0.2) is 23.1 Å². The zero-order valence-corrected chi connectivity index (χ0v) is 11.7. The second-order valence-electron chi connectivity index (χ2n) is 5.45. The first kappa shape index (κ1) is 15.1. The number of carbonyl (C=O) groups excluding carboxylic acids is 2. The minimum Gasteiger partial charge on any atom is -0.398 e. The number of hydrogen-bond donors (Lipinski definition) is 3. The van der Waals surface area contributed by atoms with E-state index in [1.807, 2.05) is 0 Å². The van der Waals surface area contributed by atoms with E-state index < -0.39 is 0 Å². The molecule has 5 N–H and O–H groups in total. The van der Waals surface area contributed by atoms with Gasteiger partial charge < -0.3 is 21.4 Å². The Hall–Kier alpha value is -2.31. The first-order valence-corrected chi connectivity index (χ1v) is 7.00. The Bertz CT molecular complexity index is 588. The van der Waals surface area contributed by atoms with Crippen molar-refractivity contribution in [1.82, 2.24) is 9.88 Å². The lowest BCUT2D eigenvalue weighted by molar-refractivity contribution is -0.123. The van der Waals surface area contributed by atoms with Gasteiger partial charge in [-0.15, -0.1) is 0 Å². The lowest BCUT2D eigenvalue weighted by Crippen LogP contribution is -2.42. The predicted octanol–water partition coefficient (Wildman–Crippen LogP) is -0.409. The predicted molar refractivity (Wildman–Crippen MR) is 78.2 cm³/mol. The molecule has 1 fully saturated rings. The van der Waals surface area contributed by atoms with Crippen LogP contribution in [0.25, 0.3) is 0 Å². The third-order valence-corrected chi connectivity index (χ3v) is 3.81. The maximum absolute atomic E-state index is 12.0. The SMILES string of the molecule is NC(=O)C1CCC(NC(=O)Cn2cc(N)ccc2=O)CC1. The van der Waals surface area contributed by atoms with E-state index in [1.54, 1.807) is 0 Å². The first-order valence-electron chi connectivity index (χ1n) is 7.00. The van der Waals surface area contributed by atoms with Crippen LogP contribution in [0.2, 0.25) is 0 Å². The molecule has 1 aromatic heterocycles. The van der Waals surface area contributed by atoms with E-state index in [0.29, 0.717) is 18.5 Å². The Labute approximate surface area is 122 Å². The molecule has 0 atom stereocenters. The zero-order chi connectivity index (χ0) is 15.4. The van der Waals surface area contributed by atoms with E-state index >= 15 is 0 Å². The lowest BCUT2D eigenvalue weighted by Gasteiger charge is -2.27. The van der Waals surface area contributed by atoms with E-state index in [9.17, 15) is 14.4 Å². The minimum absolute atomic E-state index is 0.0323. The number of carbonyl (C=O) groups is 2. The molecule has 0 spiro atoms. The molecular formula is C14H20N4O3. The van der Waals surface area contributed by atoms with Gasteiger partial charge in [0.25, 0.3) is 5.56 Å². The number of nitrogen functional groups attached to an aromatic ring is 1. The summed E-state index contributed by atoms with van der Waals surface area (Å²) >= 11 is 0. The fraction of sp³-hybridized carbons (Fsp3) is 0.500. The monoisotopic (exact) mass is 292 g/mol. The van der Waals surface area contributed by atoms with Gasteiger partial charge in [0.15, 0.2) is 0 Å². The van der Waals surface area contributed by atoms with Crippen molar-refractivity contribution in [3.63, 3.8) is 0 Å². The zero-order valence-electron chi connectivity index (χ0n) is 11.7. The molecule has 0 radical (unpaired) electrons. The molecule has 114 valence electrons. The van der Waals surface area contributed by atoms with Crippen molar-refractivity contribution in [2.75, 3.05) is 5.73 Å². The Balaban J connectivity index is 1.87. The third kappa shape index (κ3) is 4.08. The highest BCUT2D eigenvalue weighted by atomic mass is 16.2. The van der Waals surface area contributed by atoms with Crippen molar-refractivity contribution >= 4 is 17.5 Å². The molecule has 1 saturated carbocycles. The van der Waals surface area contributed by atoms with Crippen LogP contribution in [-0.2, 0) is 16.1 Å². The molecule has 0 aromatic carbocycles. The van der Waals surface area contributed by atoms with Crippen LogP contribution in [0.5, 0.6) is 0 Å². The number of aromatic nitrogens is 1. The Morgan fingerprint density at radius 3 is 2.52 bits per heavy atom. The van der Waals surface area contributed by atoms with Crippen LogP contribution in [0, 0.1) is 5.92 Å². The van der Waals surface area contributed by atoms with Gasteiger partial charge in [-0.3, -0.25) is 14.4 Å². The highest BCUT2D eigenvalue weighted by molar-refractivity contribution is 5.77. The number of primary amides is 1. The van der Waals surface area contributed by atoms with E-state index in [-0.39, 0.29) is 35.9 Å². The van der Waals surface area contributed by atoms with Crippen molar-refractivity contribution in [2.24, 2.45) is 11.7 Å². The number of rotatable bonds is 4. The van der Waals surface area contributed by atoms with E-state index in [1.165, 1.54) is 22.9 Å². The van der Waals surface area contributed by atoms with Crippen molar-refractivity contribution in [3.05, 3.63) is 28.7 Å². The molecule has 21 heavy (non-hydrogen) atoms. The summed E-state index contributed by atoms with van der Waals surface area (Å²) in [5.41, 5.74) is 11.0. The molecule has 0 unspecified atom stereocenters. The van der Waals surface area contributed by atoms with Gasteiger partial charge in [0.1, 0.15) is 6.54 Å². The van der Waals surface area contributed by atoms with Crippen LogP contribution in [0.3, 0.4) is 0 Å².